The molecule has 0 aliphatic carbocycles. The van der Waals surface area contributed by atoms with Crippen molar-refractivity contribution < 1.29 is 9.59 Å². The van der Waals surface area contributed by atoms with Gasteiger partial charge in [-0.25, -0.2) is 0 Å². The standard InChI is InChI=1S/C10H10ClNO2/c1-12(6-7-13)10(14)8-4-2-3-5-9(8)11/h2-5,7H,6H2,1H3. The van der Waals surface area contributed by atoms with E-state index in [0.717, 1.165) is 0 Å². The number of nitrogens with zero attached hydrogens (tertiary/aromatic N) is 1. The van der Waals surface area contributed by atoms with Gasteiger partial charge in [-0.3, -0.25) is 4.79 Å². The summed E-state index contributed by atoms with van der Waals surface area (Å²) >= 11 is 5.83. The molecule has 1 amide bonds. The summed E-state index contributed by atoms with van der Waals surface area (Å²) in [5, 5.41) is 0.398. The van der Waals surface area contributed by atoms with Crippen molar-refractivity contribution in [2.45, 2.75) is 0 Å². The minimum absolute atomic E-state index is 0.0735. The van der Waals surface area contributed by atoms with Crippen LogP contribution in [0.1, 0.15) is 10.4 Å². The monoisotopic (exact) mass is 211 g/mol. The molecule has 0 aliphatic rings. The average molecular weight is 212 g/mol. The number of amides is 1. The van der Waals surface area contributed by atoms with E-state index in [1.54, 1.807) is 31.3 Å². The number of aldehydes is 1. The van der Waals surface area contributed by atoms with Crippen LogP contribution in [0, 0.1) is 0 Å². The first kappa shape index (κ1) is 10.7. The maximum absolute atomic E-state index is 11.6. The molecule has 0 aliphatic heterocycles. The SMILES string of the molecule is CN(CC=O)C(=O)c1ccccc1Cl. The Bertz CT molecular complexity index is 352. The van der Waals surface area contributed by atoms with Gasteiger partial charge in [0.15, 0.2) is 0 Å². The van der Waals surface area contributed by atoms with Gasteiger partial charge in [-0.1, -0.05) is 23.7 Å². The van der Waals surface area contributed by atoms with Gasteiger partial charge in [-0.05, 0) is 12.1 Å². The van der Waals surface area contributed by atoms with E-state index >= 15 is 0 Å². The second kappa shape index (κ2) is 4.77. The van der Waals surface area contributed by atoms with E-state index in [1.807, 2.05) is 0 Å². The van der Waals surface area contributed by atoms with Crippen molar-refractivity contribution in [3.8, 4) is 0 Å². The van der Waals surface area contributed by atoms with Crippen LogP contribution >= 0.6 is 11.6 Å². The Hall–Kier alpha value is -1.35. The summed E-state index contributed by atoms with van der Waals surface area (Å²) in [6, 6.07) is 6.75. The van der Waals surface area contributed by atoms with Crippen LogP contribution in [0.5, 0.6) is 0 Å². The summed E-state index contributed by atoms with van der Waals surface area (Å²) in [7, 11) is 1.56. The first-order valence-electron chi connectivity index (χ1n) is 4.10. The highest BCUT2D eigenvalue weighted by molar-refractivity contribution is 6.33. The average Bonchev–Trinajstić information content (AvgIpc) is 2.18. The smallest absolute Gasteiger partial charge is 0.255 e. The van der Waals surface area contributed by atoms with Gasteiger partial charge in [-0.15, -0.1) is 0 Å². The number of hydrogen-bond acceptors (Lipinski definition) is 2. The van der Waals surface area contributed by atoms with Crippen molar-refractivity contribution in [3.63, 3.8) is 0 Å². The number of halogens is 1. The molecular formula is C10H10ClNO2. The third-order valence-corrected chi connectivity index (χ3v) is 2.13. The van der Waals surface area contributed by atoms with Gasteiger partial charge in [0.1, 0.15) is 6.29 Å². The molecule has 0 spiro atoms. The van der Waals surface area contributed by atoms with Crippen molar-refractivity contribution in [3.05, 3.63) is 34.9 Å². The second-order valence-electron chi connectivity index (χ2n) is 2.83. The number of carbonyl (C=O) groups is 2. The van der Waals surface area contributed by atoms with Crippen molar-refractivity contribution in [1.82, 2.24) is 4.90 Å². The van der Waals surface area contributed by atoms with Crippen LogP contribution in [-0.4, -0.2) is 30.7 Å². The van der Waals surface area contributed by atoms with Crippen LogP contribution < -0.4 is 0 Å². The molecule has 1 aromatic carbocycles. The van der Waals surface area contributed by atoms with Crippen molar-refractivity contribution in [1.29, 1.82) is 0 Å². The molecule has 0 aromatic heterocycles. The molecule has 0 heterocycles. The van der Waals surface area contributed by atoms with Gasteiger partial charge in [-0.2, -0.15) is 0 Å². The molecular weight excluding hydrogens is 202 g/mol. The minimum atomic E-state index is -0.247. The lowest BCUT2D eigenvalue weighted by Gasteiger charge is -2.14. The Morgan fingerprint density at radius 2 is 2.14 bits per heavy atom. The van der Waals surface area contributed by atoms with Gasteiger partial charge in [0.2, 0.25) is 0 Å². The van der Waals surface area contributed by atoms with E-state index in [0.29, 0.717) is 16.9 Å². The van der Waals surface area contributed by atoms with Crippen LogP contribution in [0.4, 0.5) is 0 Å². The summed E-state index contributed by atoms with van der Waals surface area (Å²) in [4.78, 5) is 23.2. The third-order valence-electron chi connectivity index (χ3n) is 1.80. The molecule has 3 nitrogen and oxygen atoms in total. The molecule has 0 N–H and O–H groups in total. The number of carbonyl (C=O) groups excluding carboxylic acids is 2. The van der Waals surface area contributed by atoms with Crippen LogP contribution in [0.3, 0.4) is 0 Å². The zero-order valence-corrected chi connectivity index (χ0v) is 8.49. The Kier molecular flexibility index (Phi) is 3.65. The van der Waals surface area contributed by atoms with Crippen LogP contribution in [0.15, 0.2) is 24.3 Å². The van der Waals surface area contributed by atoms with Crippen LogP contribution in [0.25, 0.3) is 0 Å². The van der Waals surface area contributed by atoms with E-state index < -0.39 is 0 Å². The number of likely N-dealkylation sites (N-methyl/N-ethyl adjacent to an activating group) is 1. The molecule has 0 bridgehead atoms. The highest BCUT2D eigenvalue weighted by atomic mass is 35.5. The predicted octanol–water partition coefficient (Wildman–Crippen LogP) is 1.61. The fraction of sp³-hybridized carbons (Fsp3) is 0.200. The van der Waals surface area contributed by atoms with Gasteiger partial charge in [0, 0.05) is 7.05 Å². The van der Waals surface area contributed by atoms with Gasteiger partial charge < -0.3 is 9.69 Å². The topological polar surface area (TPSA) is 37.4 Å². The molecule has 0 saturated heterocycles. The van der Waals surface area contributed by atoms with Crippen LogP contribution in [0.2, 0.25) is 5.02 Å². The lowest BCUT2D eigenvalue weighted by Crippen LogP contribution is -2.28. The maximum atomic E-state index is 11.6. The summed E-state index contributed by atoms with van der Waals surface area (Å²) in [5.74, 6) is -0.247. The molecule has 0 fully saturated rings. The first-order chi connectivity index (χ1) is 6.66. The Morgan fingerprint density at radius 3 is 2.71 bits per heavy atom. The summed E-state index contributed by atoms with van der Waals surface area (Å²) < 4.78 is 0. The molecule has 1 rings (SSSR count). The first-order valence-corrected chi connectivity index (χ1v) is 4.48. The Balaban J connectivity index is 2.89. The number of benzene rings is 1. The highest BCUT2D eigenvalue weighted by Gasteiger charge is 2.13. The lowest BCUT2D eigenvalue weighted by atomic mass is 10.2. The zero-order chi connectivity index (χ0) is 10.6. The van der Waals surface area contributed by atoms with E-state index in [1.165, 1.54) is 4.90 Å². The molecule has 14 heavy (non-hydrogen) atoms. The minimum Gasteiger partial charge on any atom is -0.335 e. The van der Waals surface area contributed by atoms with Gasteiger partial charge >= 0.3 is 0 Å². The molecule has 74 valence electrons. The normalized spacial score (nSPS) is 9.57. The van der Waals surface area contributed by atoms with Crippen molar-refractivity contribution in [2.24, 2.45) is 0 Å². The molecule has 4 heteroatoms. The molecule has 0 saturated carbocycles. The Labute approximate surface area is 87.3 Å². The van der Waals surface area contributed by atoms with E-state index in [4.69, 9.17) is 11.6 Å². The Morgan fingerprint density at radius 1 is 1.50 bits per heavy atom. The lowest BCUT2D eigenvalue weighted by molar-refractivity contribution is -0.108. The second-order valence-corrected chi connectivity index (χ2v) is 3.24. The van der Waals surface area contributed by atoms with Crippen molar-refractivity contribution >= 4 is 23.8 Å². The molecule has 0 radical (unpaired) electrons. The fourth-order valence-electron chi connectivity index (χ4n) is 1.03. The third kappa shape index (κ3) is 2.33. The fourth-order valence-corrected chi connectivity index (χ4v) is 1.25. The van der Waals surface area contributed by atoms with E-state index in [2.05, 4.69) is 0 Å². The molecule has 1 aromatic rings. The van der Waals surface area contributed by atoms with Crippen LogP contribution in [-0.2, 0) is 4.79 Å². The molecule has 0 unspecified atom stereocenters. The zero-order valence-electron chi connectivity index (χ0n) is 7.74. The molecule has 0 atom stereocenters. The summed E-state index contributed by atoms with van der Waals surface area (Å²) in [6.07, 6.45) is 0.675. The maximum Gasteiger partial charge on any atom is 0.255 e. The van der Waals surface area contributed by atoms with E-state index in [9.17, 15) is 9.59 Å². The quantitative estimate of drug-likeness (QED) is 0.713. The predicted molar refractivity (Wildman–Crippen MR) is 54.5 cm³/mol. The van der Waals surface area contributed by atoms with Gasteiger partial charge in [0.05, 0.1) is 17.1 Å². The highest BCUT2D eigenvalue weighted by Crippen LogP contribution is 2.16. The van der Waals surface area contributed by atoms with Gasteiger partial charge in [0.25, 0.3) is 5.91 Å². The van der Waals surface area contributed by atoms with E-state index in [-0.39, 0.29) is 12.5 Å². The number of rotatable bonds is 3. The number of hydrogen-bond donors (Lipinski definition) is 0. The largest absolute Gasteiger partial charge is 0.335 e. The summed E-state index contributed by atoms with van der Waals surface area (Å²) in [6.45, 7) is 0.0735. The summed E-state index contributed by atoms with van der Waals surface area (Å²) in [5.41, 5.74) is 0.415. The van der Waals surface area contributed by atoms with Crippen molar-refractivity contribution in [2.75, 3.05) is 13.6 Å².